The first kappa shape index (κ1) is 12.3. The molecule has 4 heteroatoms. The number of hydrogen-bond acceptors (Lipinski definition) is 3. The summed E-state index contributed by atoms with van der Waals surface area (Å²) >= 11 is 8.73. The van der Waals surface area contributed by atoms with E-state index >= 15 is 0 Å². The predicted molar refractivity (Wildman–Crippen MR) is 66.7 cm³/mol. The van der Waals surface area contributed by atoms with Crippen molar-refractivity contribution in [1.82, 2.24) is 4.90 Å². The van der Waals surface area contributed by atoms with Crippen molar-refractivity contribution < 1.29 is 4.74 Å². The van der Waals surface area contributed by atoms with Gasteiger partial charge in [-0.05, 0) is 37.9 Å². The summed E-state index contributed by atoms with van der Waals surface area (Å²) in [6.07, 6.45) is 3.87. The number of likely N-dealkylation sites (tertiary alicyclic amines) is 1. The van der Waals surface area contributed by atoms with Crippen LogP contribution in [0.3, 0.4) is 0 Å². The van der Waals surface area contributed by atoms with Gasteiger partial charge in [-0.15, -0.1) is 0 Å². The van der Waals surface area contributed by atoms with Gasteiger partial charge < -0.3 is 4.74 Å². The van der Waals surface area contributed by atoms with Crippen molar-refractivity contribution >= 4 is 29.2 Å². The standard InChI is InChI=1S/C10H19NOS2/c1-3-9-5-4-8(2)11(6-9)7-12-10(13)14/h8-9H,3-7H2,1-2H3,(H,13,14)/t8-,9+/m0/s1. The van der Waals surface area contributed by atoms with Crippen molar-refractivity contribution in [3.05, 3.63) is 0 Å². The summed E-state index contributed by atoms with van der Waals surface area (Å²) < 4.78 is 5.61. The molecule has 0 aromatic rings. The van der Waals surface area contributed by atoms with Crippen LogP contribution < -0.4 is 0 Å². The fraction of sp³-hybridized carbons (Fsp3) is 0.900. The van der Waals surface area contributed by atoms with Gasteiger partial charge in [-0.1, -0.05) is 26.0 Å². The van der Waals surface area contributed by atoms with Crippen molar-refractivity contribution in [2.24, 2.45) is 5.92 Å². The summed E-state index contributed by atoms with van der Waals surface area (Å²) in [5, 5.41) is 0. The first-order chi connectivity index (χ1) is 6.63. The molecule has 14 heavy (non-hydrogen) atoms. The van der Waals surface area contributed by atoms with Crippen LogP contribution in [-0.2, 0) is 4.74 Å². The summed E-state index contributed by atoms with van der Waals surface area (Å²) in [6, 6.07) is 0.612. The largest absolute Gasteiger partial charge is 0.463 e. The van der Waals surface area contributed by atoms with Crippen LogP contribution in [0.25, 0.3) is 0 Å². The third kappa shape index (κ3) is 3.75. The maximum absolute atomic E-state index is 5.27. The molecule has 2 nitrogen and oxygen atoms in total. The Balaban J connectivity index is 2.36. The summed E-state index contributed by atoms with van der Waals surface area (Å²) in [5.41, 5.74) is 0. The third-order valence-corrected chi connectivity index (χ3v) is 3.29. The summed E-state index contributed by atoms with van der Waals surface area (Å²) in [4.78, 5) is 2.35. The molecule has 1 heterocycles. The molecule has 0 amide bonds. The van der Waals surface area contributed by atoms with Crippen molar-refractivity contribution in [3.8, 4) is 0 Å². The molecule has 1 saturated heterocycles. The molecule has 1 fully saturated rings. The molecular weight excluding hydrogens is 214 g/mol. The number of piperidine rings is 1. The molecule has 0 bridgehead atoms. The second-order valence-electron chi connectivity index (χ2n) is 4.01. The smallest absolute Gasteiger partial charge is 0.218 e. The minimum atomic E-state index is 0.343. The van der Waals surface area contributed by atoms with E-state index in [1.165, 1.54) is 19.3 Å². The molecule has 1 rings (SSSR count). The van der Waals surface area contributed by atoms with E-state index in [0.717, 1.165) is 12.5 Å². The molecule has 0 N–H and O–H groups in total. The second kappa shape index (κ2) is 5.93. The molecule has 1 aliphatic rings. The minimum Gasteiger partial charge on any atom is -0.463 e. The summed E-state index contributed by atoms with van der Waals surface area (Å²) in [5.74, 6) is 0.822. The summed E-state index contributed by atoms with van der Waals surface area (Å²) in [6.45, 7) is 6.23. The second-order valence-corrected chi connectivity index (χ2v) is 5.09. The van der Waals surface area contributed by atoms with Crippen molar-refractivity contribution in [3.63, 3.8) is 0 Å². The van der Waals surface area contributed by atoms with Gasteiger partial charge in [-0.25, -0.2) is 0 Å². The SMILES string of the molecule is CC[C@@H]1CC[C@H](C)N(COC(=S)S)C1. The Morgan fingerprint density at radius 3 is 2.86 bits per heavy atom. The average Bonchev–Trinajstić information content (AvgIpc) is 2.16. The van der Waals surface area contributed by atoms with Crippen LogP contribution in [0.5, 0.6) is 0 Å². The van der Waals surface area contributed by atoms with E-state index in [9.17, 15) is 0 Å². The Bertz CT molecular complexity index is 199. The zero-order chi connectivity index (χ0) is 10.6. The lowest BCUT2D eigenvalue weighted by atomic mass is 9.92. The van der Waals surface area contributed by atoms with Gasteiger partial charge in [0.05, 0.1) is 0 Å². The van der Waals surface area contributed by atoms with Gasteiger partial charge in [0.25, 0.3) is 0 Å². The van der Waals surface area contributed by atoms with E-state index < -0.39 is 0 Å². The number of thiol groups is 1. The van der Waals surface area contributed by atoms with E-state index in [1.807, 2.05) is 0 Å². The monoisotopic (exact) mass is 233 g/mol. The number of nitrogens with zero attached hydrogens (tertiary/aromatic N) is 1. The quantitative estimate of drug-likeness (QED) is 0.595. The average molecular weight is 233 g/mol. The highest BCUT2D eigenvalue weighted by Gasteiger charge is 2.24. The van der Waals surface area contributed by atoms with Crippen molar-refractivity contribution in [2.45, 2.75) is 39.2 Å². The lowest BCUT2D eigenvalue weighted by molar-refractivity contribution is 0.0390. The molecule has 0 aromatic heterocycles. The number of ether oxygens (including phenoxy) is 1. The molecule has 0 spiro atoms. The van der Waals surface area contributed by atoms with Crippen LogP contribution in [-0.4, -0.2) is 28.6 Å². The van der Waals surface area contributed by atoms with Gasteiger partial charge in [0, 0.05) is 12.6 Å². The highest BCUT2D eigenvalue weighted by molar-refractivity contribution is 8.10. The molecule has 0 aromatic carbocycles. The number of rotatable bonds is 3. The van der Waals surface area contributed by atoms with Gasteiger partial charge in [-0.3, -0.25) is 4.90 Å². The van der Waals surface area contributed by atoms with E-state index in [2.05, 4.69) is 31.4 Å². The Morgan fingerprint density at radius 2 is 2.29 bits per heavy atom. The van der Waals surface area contributed by atoms with Gasteiger partial charge in [0.2, 0.25) is 4.38 Å². The first-order valence-electron chi connectivity index (χ1n) is 5.23. The van der Waals surface area contributed by atoms with Crippen LogP contribution in [0.2, 0.25) is 0 Å². The Kier molecular flexibility index (Phi) is 5.20. The predicted octanol–water partition coefficient (Wildman–Crippen LogP) is 2.69. The Morgan fingerprint density at radius 1 is 1.57 bits per heavy atom. The maximum atomic E-state index is 5.27. The number of hydrogen-bond donors (Lipinski definition) is 1. The topological polar surface area (TPSA) is 12.5 Å². The van der Waals surface area contributed by atoms with Crippen LogP contribution in [0, 0.1) is 5.92 Å². The fourth-order valence-corrected chi connectivity index (χ4v) is 2.02. The molecular formula is C10H19NOS2. The normalized spacial score (nSPS) is 28.8. The van der Waals surface area contributed by atoms with Crippen LogP contribution in [0.4, 0.5) is 0 Å². The molecule has 0 saturated carbocycles. The molecule has 0 aliphatic carbocycles. The van der Waals surface area contributed by atoms with E-state index in [0.29, 0.717) is 17.2 Å². The summed E-state index contributed by atoms with van der Waals surface area (Å²) in [7, 11) is 0. The van der Waals surface area contributed by atoms with Crippen LogP contribution >= 0.6 is 24.8 Å². The third-order valence-electron chi connectivity index (χ3n) is 3.04. The minimum absolute atomic E-state index is 0.343. The molecule has 0 unspecified atom stereocenters. The number of thiocarbonyl (C=S) groups is 1. The Labute approximate surface area is 97.4 Å². The van der Waals surface area contributed by atoms with Crippen LogP contribution in [0.1, 0.15) is 33.1 Å². The zero-order valence-corrected chi connectivity index (χ0v) is 10.6. The molecule has 1 aliphatic heterocycles. The first-order valence-corrected chi connectivity index (χ1v) is 6.08. The molecule has 82 valence electrons. The van der Waals surface area contributed by atoms with E-state index in [-0.39, 0.29) is 0 Å². The maximum Gasteiger partial charge on any atom is 0.218 e. The van der Waals surface area contributed by atoms with Gasteiger partial charge in [0.15, 0.2) is 0 Å². The van der Waals surface area contributed by atoms with Gasteiger partial charge in [-0.2, -0.15) is 0 Å². The molecule has 2 atom stereocenters. The van der Waals surface area contributed by atoms with Crippen molar-refractivity contribution in [2.75, 3.05) is 13.3 Å². The molecule has 0 radical (unpaired) electrons. The lowest BCUT2D eigenvalue weighted by Gasteiger charge is -2.37. The fourth-order valence-electron chi connectivity index (χ4n) is 1.91. The van der Waals surface area contributed by atoms with E-state index in [1.54, 1.807) is 0 Å². The highest BCUT2D eigenvalue weighted by Crippen LogP contribution is 2.23. The zero-order valence-electron chi connectivity index (χ0n) is 8.90. The van der Waals surface area contributed by atoms with Gasteiger partial charge in [0.1, 0.15) is 6.73 Å². The lowest BCUT2D eigenvalue weighted by Crippen LogP contribution is -2.42. The van der Waals surface area contributed by atoms with Gasteiger partial charge >= 0.3 is 0 Å². The van der Waals surface area contributed by atoms with E-state index in [4.69, 9.17) is 17.0 Å². The van der Waals surface area contributed by atoms with Crippen LogP contribution in [0.15, 0.2) is 0 Å². The van der Waals surface area contributed by atoms with Crippen molar-refractivity contribution in [1.29, 1.82) is 0 Å². The highest BCUT2D eigenvalue weighted by atomic mass is 32.1. The Hall–Kier alpha value is 0.200.